The molecule has 0 unspecified atom stereocenters. The third-order valence-corrected chi connectivity index (χ3v) is 4.51. The van der Waals surface area contributed by atoms with Crippen molar-refractivity contribution in [3.8, 4) is 0 Å². The molecule has 0 aliphatic heterocycles. The van der Waals surface area contributed by atoms with Gasteiger partial charge in [0.15, 0.2) is 0 Å². The highest BCUT2D eigenvalue weighted by Gasteiger charge is 2.27. The molecule has 0 bridgehead atoms. The zero-order valence-electron chi connectivity index (χ0n) is 13.4. The predicted octanol–water partition coefficient (Wildman–Crippen LogP) is 4.92. The lowest BCUT2D eigenvalue weighted by atomic mass is 10.2. The average molecular weight is 385 g/mol. The zero-order valence-corrected chi connectivity index (χ0v) is 15.0. The number of halogens is 1. The van der Waals surface area contributed by atoms with Crippen molar-refractivity contribution in [1.82, 2.24) is 0 Å². The molecule has 0 amide bonds. The molecule has 0 aliphatic carbocycles. The van der Waals surface area contributed by atoms with Crippen LogP contribution in [0.1, 0.15) is 11.1 Å². The molecular weight excluding hydrogens is 367 g/mol. The largest absolute Gasteiger partial charge is 0.475 e. The maximum absolute atomic E-state index is 12.8. The van der Waals surface area contributed by atoms with Crippen molar-refractivity contribution in [3.05, 3.63) is 71.8 Å². The summed E-state index contributed by atoms with van der Waals surface area (Å²) in [5, 5.41) is 0. The van der Waals surface area contributed by atoms with E-state index in [9.17, 15) is 9.36 Å². The van der Waals surface area contributed by atoms with E-state index in [1.807, 2.05) is 60.7 Å². The second-order valence-corrected chi connectivity index (χ2v) is 6.86. The first-order chi connectivity index (χ1) is 12.1. The van der Waals surface area contributed by atoms with Crippen molar-refractivity contribution in [2.24, 2.45) is 0 Å². The second kappa shape index (κ2) is 10.3. The molecule has 2 rings (SSSR count). The topological polar surface area (TPSA) is 71.1 Å². The minimum absolute atomic E-state index is 0.0577. The van der Waals surface area contributed by atoms with E-state index in [1.165, 1.54) is 0 Å². The molecule has 134 valence electrons. The van der Waals surface area contributed by atoms with E-state index in [2.05, 4.69) is 4.74 Å². The monoisotopic (exact) mass is 384 g/mol. The van der Waals surface area contributed by atoms with Gasteiger partial charge >= 0.3 is 13.3 Å². The minimum Gasteiger partial charge on any atom is -0.451 e. The Morgan fingerprint density at radius 1 is 0.800 bits per heavy atom. The predicted molar refractivity (Wildman–Crippen MR) is 93.2 cm³/mol. The maximum atomic E-state index is 12.8. The van der Waals surface area contributed by atoms with Crippen LogP contribution in [0, 0.1) is 0 Å². The third kappa shape index (κ3) is 7.82. The highest BCUT2D eigenvalue weighted by molar-refractivity contribution is 7.48. The summed E-state index contributed by atoms with van der Waals surface area (Å²) in [6, 6.07) is 18.4. The normalized spacial score (nSPS) is 11.2. The summed E-state index contributed by atoms with van der Waals surface area (Å²) in [5.41, 5.74) is 0.678. The van der Waals surface area contributed by atoms with Crippen molar-refractivity contribution in [3.63, 3.8) is 0 Å². The van der Waals surface area contributed by atoms with Crippen LogP contribution in [0.25, 0.3) is 0 Å². The summed E-state index contributed by atoms with van der Waals surface area (Å²) >= 11 is 5.06. The van der Waals surface area contributed by atoms with Gasteiger partial charge in [-0.3, -0.25) is 13.6 Å². The molecule has 0 saturated carbocycles. The zero-order chi connectivity index (χ0) is 18.0. The molecule has 0 N–H and O–H groups in total. The lowest BCUT2D eigenvalue weighted by molar-refractivity contribution is 0.0825. The van der Waals surface area contributed by atoms with E-state index in [-0.39, 0.29) is 26.4 Å². The molecule has 0 saturated heterocycles. The summed E-state index contributed by atoms with van der Waals surface area (Å²) < 4.78 is 33.3. The summed E-state index contributed by atoms with van der Waals surface area (Å²) in [5.74, 6) is 0. The van der Waals surface area contributed by atoms with E-state index in [0.29, 0.717) is 0 Å². The lowest BCUT2D eigenvalue weighted by Crippen LogP contribution is -2.07. The average Bonchev–Trinajstić information content (AvgIpc) is 2.64. The van der Waals surface area contributed by atoms with Gasteiger partial charge in [0.2, 0.25) is 0 Å². The van der Waals surface area contributed by atoms with Gasteiger partial charge in [-0.15, -0.1) is 0 Å². The van der Waals surface area contributed by atoms with Crippen molar-refractivity contribution >= 4 is 24.9 Å². The first-order valence-electron chi connectivity index (χ1n) is 7.51. The van der Waals surface area contributed by atoms with Gasteiger partial charge in [-0.25, -0.2) is 9.36 Å². The number of phosphoric acid groups is 1. The van der Waals surface area contributed by atoms with Crippen LogP contribution in [0.5, 0.6) is 0 Å². The third-order valence-electron chi connectivity index (χ3n) is 3.01. The van der Waals surface area contributed by atoms with Crippen LogP contribution in [-0.4, -0.2) is 18.6 Å². The molecule has 6 nitrogen and oxygen atoms in total. The van der Waals surface area contributed by atoms with Crippen molar-refractivity contribution < 1.29 is 27.7 Å². The van der Waals surface area contributed by atoms with Crippen LogP contribution >= 0.6 is 19.4 Å². The molecule has 0 heterocycles. The van der Waals surface area contributed by atoms with Gasteiger partial charge in [0.25, 0.3) is 0 Å². The minimum atomic E-state index is -3.84. The molecule has 2 aromatic rings. The molecule has 0 spiro atoms. The molecule has 8 heteroatoms. The summed E-state index contributed by atoms with van der Waals surface area (Å²) in [6.07, 6.45) is 0. The van der Waals surface area contributed by atoms with Gasteiger partial charge in [0.1, 0.15) is 6.61 Å². The second-order valence-electron chi connectivity index (χ2n) is 4.88. The maximum Gasteiger partial charge on any atom is 0.475 e. The van der Waals surface area contributed by atoms with Crippen molar-refractivity contribution in [1.29, 1.82) is 0 Å². The highest BCUT2D eigenvalue weighted by atomic mass is 35.5. The van der Waals surface area contributed by atoms with Crippen LogP contribution in [-0.2, 0) is 36.1 Å². The fraction of sp³-hybridized carbons (Fsp3) is 0.235. The molecule has 0 aromatic heterocycles. The Hall–Kier alpha value is -1.69. The van der Waals surface area contributed by atoms with Gasteiger partial charge in [0.05, 0.1) is 19.8 Å². The number of phosphoric ester groups is 1. The van der Waals surface area contributed by atoms with Crippen LogP contribution in [0.4, 0.5) is 4.79 Å². The molecule has 0 aliphatic rings. The smallest absolute Gasteiger partial charge is 0.451 e. The van der Waals surface area contributed by atoms with E-state index >= 15 is 0 Å². The molecule has 0 fully saturated rings. The Morgan fingerprint density at radius 2 is 1.28 bits per heavy atom. The van der Waals surface area contributed by atoms with Crippen molar-refractivity contribution in [2.75, 3.05) is 13.2 Å². The van der Waals surface area contributed by atoms with Gasteiger partial charge in [-0.2, -0.15) is 0 Å². The quantitative estimate of drug-likeness (QED) is 0.329. The number of hydrogen-bond acceptors (Lipinski definition) is 6. The Morgan fingerprint density at radius 3 is 1.72 bits per heavy atom. The fourth-order valence-corrected chi connectivity index (χ4v) is 3.05. The summed E-state index contributed by atoms with van der Waals surface area (Å²) in [6.45, 7) is -0.209. The highest BCUT2D eigenvalue weighted by Crippen LogP contribution is 2.50. The van der Waals surface area contributed by atoms with Gasteiger partial charge in [0, 0.05) is 11.6 Å². The van der Waals surface area contributed by atoms with Crippen molar-refractivity contribution in [2.45, 2.75) is 13.2 Å². The standard InChI is InChI=1S/C17H18ClO6P/c18-17(19)21-11-12-22-25(20,23-13-15-7-3-1-4-8-15)24-14-16-9-5-2-6-10-16/h1-10H,11-14H2. The van der Waals surface area contributed by atoms with Crippen LogP contribution in [0.2, 0.25) is 0 Å². The van der Waals surface area contributed by atoms with E-state index in [4.69, 9.17) is 25.2 Å². The first-order valence-corrected chi connectivity index (χ1v) is 9.35. The number of benzene rings is 2. The van der Waals surface area contributed by atoms with Crippen LogP contribution < -0.4 is 0 Å². The van der Waals surface area contributed by atoms with Gasteiger partial charge in [-0.05, 0) is 11.1 Å². The van der Waals surface area contributed by atoms with Gasteiger partial charge < -0.3 is 4.74 Å². The molecule has 2 aromatic carbocycles. The van der Waals surface area contributed by atoms with E-state index in [1.54, 1.807) is 0 Å². The van der Waals surface area contributed by atoms with E-state index < -0.39 is 13.3 Å². The number of ether oxygens (including phenoxy) is 1. The summed E-state index contributed by atoms with van der Waals surface area (Å²) in [4.78, 5) is 10.5. The lowest BCUT2D eigenvalue weighted by Gasteiger charge is -2.18. The summed E-state index contributed by atoms with van der Waals surface area (Å²) in [7, 11) is -3.84. The number of carbonyl (C=O) groups excluding carboxylic acids is 1. The Kier molecular flexibility index (Phi) is 8.12. The first kappa shape index (κ1) is 19.6. The number of hydrogen-bond donors (Lipinski definition) is 0. The molecule has 0 atom stereocenters. The Balaban J connectivity index is 1.93. The molecule has 25 heavy (non-hydrogen) atoms. The Labute approximate surface area is 151 Å². The van der Waals surface area contributed by atoms with Gasteiger partial charge in [-0.1, -0.05) is 60.7 Å². The molecular formula is C17H18ClO6P. The van der Waals surface area contributed by atoms with Crippen LogP contribution in [0.3, 0.4) is 0 Å². The fourth-order valence-electron chi connectivity index (χ4n) is 1.84. The molecule has 0 radical (unpaired) electrons. The number of rotatable bonds is 10. The van der Waals surface area contributed by atoms with Crippen LogP contribution in [0.15, 0.2) is 60.7 Å². The Bertz CT molecular complexity index is 647. The van der Waals surface area contributed by atoms with E-state index in [0.717, 1.165) is 11.1 Å². The number of carbonyl (C=O) groups is 1. The SMILES string of the molecule is O=C(Cl)OCCOP(=O)(OCc1ccccc1)OCc1ccccc1.